The number of esters is 1. The fourth-order valence-electron chi connectivity index (χ4n) is 2.96. The average molecular weight is 486 g/mol. The van der Waals surface area contributed by atoms with E-state index >= 15 is 0 Å². The molecule has 1 aliphatic rings. The van der Waals surface area contributed by atoms with Gasteiger partial charge in [-0.25, -0.2) is 0 Å². The van der Waals surface area contributed by atoms with Crippen LogP contribution in [0.25, 0.3) is 0 Å². The van der Waals surface area contributed by atoms with Crippen molar-refractivity contribution in [1.82, 2.24) is 5.32 Å². The molecule has 0 radical (unpaired) electrons. The minimum atomic E-state index is -0.760. The zero-order valence-electron chi connectivity index (χ0n) is 18.8. The van der Waals surface area contributed by atoms with Crippen molar-refractivity contribution in [2.45, 2.75) is 49.2 Å². The Morgan fingerprint density at radius 1 is 0.903 bits per heavy atom. The van der Waals surface area contributed by atoms with Crippen molar-refractivity contribution in [2.75, 3.05) is 59.8 Å². The van der Waals surface area contributed by atoms with E-state index < -0.39 is 30.3 Å². The van der Waals surface area contributed by atoms with E-state index in [0.29, 0.717) is 0 Å². The van der Waals surface area contributed by atoms with E-state index in [4.69, 9.17) is 33.2 Å². The summed E-state index contributed by atoms with van der Waals surface area (Å²) >= 11 is 3.51. The van der Waals surface area contributed by atoms with Crippen LogP contribution in [-0.4, -0.2) is 101 Å². The van der Waals surface area contributed by atoms with Crippen LogP contribution in [0, 0.1) is 0 Å². The molecular formula is C19H35NO9S2. The van der Waals surface area contributed by atoms with Crippen LogP contribution in [0.5, 0.6) is 0 Å². The molecule has 12 heteroatoms. The third-order valence-electron chi connectivity index (χ3n) is 4.17. The molecule has 182 valence electrons. The van der Waals surface area contributed by atoms with Crippen molar-refractivity contribution >= 4 is 35.4 Å². The molecule has 10 nitrogen and oxygen atoms in total. The van der Waals surface area contributed by atoms with Crippen LogP contribution in [0.3, 0.4) is 0 Å². The van der Waals surface area contributed by atoms with Gasteiger partial charge in [-0.3, -0.25) is 9.59 Å². The van der Waals surface area contributed by atoms with Crippen LogP contribution in [0.4, 0.5) is 0 Å². The quantitative estimate of drug-likeness (QED) is 0.252. The largest absolute Gasteiger partial charge is 0.463 e. The number of nitrogens with one attached hydrogen (secondary N) is 1. The number of carbonyl (C=O) groups excluding carboxylic acids is 2. The van der Waals surface area contributed by atoms with E-state index in [1.807, 2.05) is 0 Å². The molecular weight excluding hydrogens is 450 g/mol. The topological polar surface area (TPSA) is 111 Å². The summed E-state index contributed by atoms with van der Waals surface area (Å²) in [6.07, 6.45) is -1.09. The van der Waals surface area contributed by atoms with Crippen LogP contribution in [0.2, 0.25) is 0 Å². The van der Waals surface area contributed by atoms with E-state index in [2.05, 4.69) is 5.32 Å². The number of hydrogen-bond acceptors (Lipinski definition) is 11. The smallest absolute Gasteiger partial charge is 0.302 e. The lowest BCUT2D eigenvalue weighted by molar-refractivity contribution is -0.220. The highest BCUT2D eigenvalue weighted by Gasteiger charge is 2.43. The van der Waals surface area contributed by atoms with Gasteiger partial charge in [-0.05, 0) is 17.9 Å². The van der Waals surface area contributed by atoms with E-state index in [0.717, 1.165) is 17.9 Å². The summed E-state index contributed by atoms with van der Waals surface area (Å²) in [5.41, 5.74) is 0. The Kier molecular flexibility index (Phi) is 15.5. The number of amides is 1. The van der Waals surface area contributed by atoms with Gasteiger partial charge in [-0.15, -0.1) is 23.5 Å². The van der Waals surface area contributed by atoms with Gasteiger partial charge >= 0.3 is 5.97 Å². The summed E-state index contributed by atoms with van der Waals surface area (Å²) < 4.78 is 38.3. The van der Waals surface area contributed by atoms with E-state index in [-0.39, 0.29) is 37.5 Å². The summed E-state index contributed by atoms with van der Waals surface area (Å²) in [7, 11) is 4.50. The second kappa shape index (κ2) is 17.0. The summed E-state index contributed by atoms with van der Waals surface area (Å²) in [5, 5.41) is 3.01. The van der Waals surface area contributed by atoms with Crippen molar-refractivity contribution in [3.05, 3.63) is 0 Å². The zero-order valence-corrected chi connectivity index (χ0v) is 20.5. The summed E-state index contributed by atoms with van der Waals surface area (Å²) in [4.78, 5) is 23.5. The van der Waals surface area contributed by atoms with Crippen molar-refractivity contribution in [1.29, 1.82) is 0 Å². The maximum atomic E-state index is 12.1. The Morgan fingerprint density at radius 2 is 1.45 bits per heavy atom. The SMILES string of the molecule is COCO[C@@H]([C@H](OCOC)[C@@H](NC(C)=O)C1SCCCS1)[C@@H](COC(C)=O)OCOC. The van der Waals surface area contributed by atoms with E-state index in [1.54, 1.807) is 23.5 Å². The second-order valence-electron chi connectivity index (χ2n) is 6.68. The lowest BCUT2D eigenvalue weighted by atomic mass is 10.0. The Bertz CT molecular complexity index is 509. The molecule has 0 saturated carbocycles. The second-order valence-corrected chi connectivity index (χ2v) is 9.48. The molecule has 1 heterocycles. The normalized spacial score (nSPS) is 18.7. The molecule has 1 aliphatic heterocycles. The molecule has 1 saturated heterocycles. The van der Waals surface area contributed by atoms with E-state index in [9.17, 15) is 9.59 Å². The van der Waals surface area contributed by atoms with Crippen LogP contribution >= 0.6 is 23.5 Å². The van der Waals surface area contributed by atoms with E-state index in [1.165, 1.54) is 35.2 Å². The monoisotopic (exact) mass is 485 g/mol. The molecule has 0 spiro atoms. The van der Waals surface area contributed by atoms with Gasteiger partial charge in [0.25, 0.3) is 0 Å². The van der Waals surface area contributed by atoms with Crippen LogP contribution in [-0.2, 0) is 42.7 Å². The first-order valence-electron chi connectivity index (χ1n) is 9.89. The van der Waals surface area contributed by atoms with Crippen LogP contribution in [0.1, 0.15) is 20.3 Å². The number of carbonyl (C=O) groups is 2. The molecule has 4 atom stereocenters. The summed E-state index contributed by atoms with van der Waals surface area (Å²) in [6, 6.07) is -0.421. The lowest BCUT2D eigenvalue weighted by Gasteiger charge is -2.40. The third-order valence-corrected chi connectivity index (χ3v) is 7.28. The van der Waals surface area contributed by atoms with Gasteiger partial charge in [0.15, 0.2) is 0 Å². The maximum absolute atomic E-state index is 12.1. The van der Waals surface area contributed by atoms with Crippen molar-refractivity contribution in [3.63, 3.8) is 0 Å². The number of methoxy groups -OCH3 is 3. The highest BCUT2D eigenvalue weighted by molar-refractivity contribution is 8.17. The zero-order chi connectivity index (χ0) is 23.1. The van der Waals surface area contributed by atoms with Gasteiger partial charge in [0.2, 0.25) is 5.91 Å². The number of rotatable bonds is 16. The lowest BCUT2D eigenvalue weighted by Crippen LogP contribution is -2.59. The summed E-state index contributed by atoms with van der Waals surface area (Å²) in [6.45, 7) is 2.56. The first-order valence-corrected chi connectivity index (χ1v) is 12.0. The van der Waals surface area contributed by atoms with Gasteiger partial charge in [-0.2, -0.15) is 0 Å². The Hall–Kier alpha value is -0.600. The summed E-state index contributed by atoms with van der Waals surface area (Å²) in [5.74, 6) is 1.31. The predicted octanol–water partition coefficient (Wildman–Crippen LogP) is 1.22. The minimum absolute atomic E-state index is 0.0276. The molecule has 0 bridgehead atoms. The van der Waals surface area contributed by atoms with Crippen molar-refractivity contribution in [2.24, 2.45) is 0 Å². The Balaban J connectivity index is 3.25. The van der Waals surface area contributed by atoms with Gasteiger partial charge in [0.05, 0.1) is 10.6 Å². The van der Waals surface area contributed by atoms with Crippen molar-refractivity contribution < 1.29 is 42.7 Å². The molecule has 1 rings (SSSR count). The number of ether oxygens (including phenoxy) is 7. The third kappa shape index (κ3) is 11.2. The highest BCUT2D eigenvalue weighted by atomic mass is 32.2. The fourth-order valence-corrected chi connectivity index (χ4v) is 6.05. The molecule has 1 N–H and O–H groups in total. The standard InChI is InChI=1S/C19H35NO9S2/c1-13(21)20-16(19-30-7-6-8-31-19)18(29-12-25-5)17(28-11-24-4)15(27-10-23-3)9-26-14(2)22/h15-19H,6-12H2,1-5H3,(H,20,21)/t15-,16-,17-,18-/m1/s1. The predicted molar refractivity (Wildman–Crippen MR) is 118 cm³/mol. The highest BCUT2D eigenvalue weighted by Crippen LogP contribution is 2.36. The molecule has 1 amide bonds. The number of hydrogen-bond donors (Lipinski definition) is 1. The Labute approximate surface area is 192 Å². The molecule has 0 unspecified atom stereocenters. The number of thioether (sulfide) groups is 2. The molecule has 1 fully saturated rings. The minimum Gasteiger partial charge on any atom is -0.463 e. The fraction of sp³-hybridized carbons (Fsp3) is 0.895. The first kappa shape index (κ1) is 28.4. The van der Waals surface area contributed by atoms with Gasteiger partial charge in [0.1, 0.15) is 45.3 Å². The van der Waals surface area contributed by atoms with Gasteiger partial charge in [-0.1, -0.05) is 0 Å². The molecule has 31 heavy (non-hydrogen) atoms. The van der Waals surface area contributed by atoms with Crippen LogP contribution in [0.15, 0.2) is 0 Å². The first-order chi connectivity index (χ1) is 14.9. The molecule has 0 aliphatic carbocycles. The van der Waals surface area contributed by atoms with Crippen molar-refractivity contribution in [3.8, 4) is 0 Å². The van der Waals surface area contributed by atoms with Crippen LogP contribution < -0.4 is 5.32 Å². The molecule has 0 aromatic heterocycles. The molecule has 0 aromatic carbocycles. The van der Waals surface area contributed by atoms with Gasteiger partial charge in [0, 0.05) is 35.2 Å². The average Bonchev–Trinajstić information content (AvgIpc) is 2.75. The molecule has 0 aromatic rings. The van der Waals surface area contributed by atoms with Gasteiger partial charge < -0.3 is 38.5 Å². The Morgan fingerprint density at radius 3 is 1.97 bits per heavy atom. The maximum Gasteiger partial charge on any atom is 0.302 e.